The van der Waals surface area contributed by atoms with Crippen LogP contribution in [-0.4, -0.2) is 54.3 Å². The van der Waals surface area contributed by atoms with Crippen molar-refractivity contribution in [3.8, 4) is 0 Å². The minimum absolute atomic E-state index is 0.0147. The summed E-state index contributed by atoms with van der Waals surface area (Å²) in [6.07, 6.45) is 7.05. The lowest BCUT2D eigenvalue weighted by Crippen LogP contribution is -2.29. The second-order valence-electron chi connectivity index (χ2n) is 5.70. The quantitative estimate of drug-likeness (QED) is 0.687. The third-order valence-electron chi connectivity index (χ3n) is 3.79. The Morgan fingerprint density at radius 3 is 2.75 bits per heavy atom. The van der Waals surface area contributed by atoms with E-state index in [4.69, 9.17) is 0 Å². The molecule has 130 valence electrons. The first kappa shape index (κ1) is 16.7. The van der Waals surface area contributed by atoms with Crippen molar-refractivity contribution in [1.82, 2.24) is 24.5 Å². The summed E-state index contributed by atoms with van der Waals surface area (Å²) in [5, 5.41) is 11.1. The largest absolute Gasteiger partial charge is 0.370 e. The third kappa shape index (κ3) is 4.01. The molecule has 0 bridgehead atoms. The number of hydrogen-bond donors (Lipinski definition) is 2. The highest BCUT2D eigenvalue weighted by molar-refractivity contribution is 7.89. The van der Waals surface area contributed by atoms with Gasteiger partial charge in [-0.1, -0.05) is 0 Å². The molecule has 1 aliphatic rings. The van der Waals surface area contributed by atoms with E-state index in [0.717, 1.165) is 18.8 Å². The number of imidazole rings is 1. The van der Waals surface area contributed by atoms with Crippen LogP contribution in [0.5, 0.6) is 0 Å². The molecule has 24 heavy (non-hydrogen) atoms. The van der Waals surface area contributed by atoms with Gasteiger partial charge in [0, 0.05) is 45.5 Å². The monoisotopic (exact) mass is 351 g/mol. The molecule has 0 amide bonds. The molecule has 0 unspecified atom stereocenters. The predicted molar refractivity (Wildman–Crippen MR) is 90.4 cm³/mol. The molecule has 2 aromatic rings. The van der Waals surface area contributed by atoms with Gasteiger partial charge in [0.1, 0.15) is 0 Å². The van der Waals surface area contributed by atoms with Gasteiger partial charge in [-0.2, -0.15) is 5.10 Å². The molecule has 0 radical (unpaired) electrons. The lowest BCUT2D eigenvalue weighted by atomic mass is 10.4. The number of anilines is 2. The molecule has 0 atom stereocenters. The van der Waals surface area contributed by atoms with Gasteiger partial charge in [-0.05, 0) is 12.8 Å². The van der Waals surface area contributed by atoms with Crippen LogP contribution in [0.15, 0.2) is 29.8 Å². The molecule has 1 aliphatic heterocycles. The van der Waals surface area contributed by atoms with Crippen LogP contribution in [-0.2, 0) is 17.1 Å². The minimum Gasteiger partial charge on any atom is -0.370 e. The van der Waals surface area contributed by atoms with E-state index >= 15 is 0 Å². The average molecular weight is 351 g/mol. The van der Waals surface area contributed by atoms with Crippen LogP contribution in [0.25, 0.3) is 0 Å². The third-order valence-corrected chi connectivity index (χ3v) is 5.14. The lowest BCUT2D eigenvalue weighted by molar-refractivity contribution is 0.579. The molecule has 9 nitrogen and oxygen atoms in total. The Balaban J connectivity index is 1.50. The Morgan fingerprint density at radius 1 is 1.25 bits per heavy atom. The summed E-state index contributed by atoms with van der Waals surface area (Å²) in [5.41, 5.74) is 1.04. The smallest absolute Gasteiger partial charge is 0.259 e. The minimum atomic E-state index is -3.58. The van der Waals surface area contributed by atoms with Crippen LogP contribution in [0.1, 0.15) is 12.8 Å². The average Bonchev–Trinajstić information content (AvgIpc) is 3.23. The van der Waals surface area contributed by atoms with E-state index in [1.807, 2.05) is 6.07 Å². The van der Waals surface area contributed by atoms with Gasteiger partial charge in [0.2, 0.25) is 0 Å². The Hall–Kier alpha value is -2.20. The van der Waals surface area contributed by atoms with Gasteiger partial charge in [0.25, 0.3) is 10.0 Å². The zero-order valence-electron chi connectivity index (χ0n) is 13.5. The topological polar surface area (TPSA) is 105 Å². The van der Waals surface area contributed by atoms with Gasteiger partial charge in [-0.25, -0.2) is 18.1 Å². The molecule has 0 aliphatic carbocycles. The normalized spacial score (nSPS) is 15.0. The van der Waals surface area contributed by atoms with Gasteiger partial charge in [-0.3, -0.25) is 0 Å². The van der Waals surface area contributed by atoms with Crippen LogP contribution in [0.2, 0.25) is 0 Å². The van der Waals surface area contributed by atoms with Crippen molar-refractivity contribution in [2.24, 2.45) is 7.05 Å². The zero-order valence-corrected chi connectivity index (χ0v) is 14.3. The SMILES string of the molecule is Cn1cnc(S(=O)(=O)NCCNc2cc(N3CCCC3)cnn2)c1. The summed E-state index contributed by atoms with van der Waals surface area (Å²) in [7, 11) is -1.86. The summed E-state index contributed by atoms with van der Waals surface area (Å²) in [4.78, 5) is 6.11. The highest BCUT2D eigenvalue weighted by atomic mass is 32.2. The maximum atomic E-state index is 12.0. The molecule has 0 aromatic carbocycles. The molecule has 0 saturated carbocycles. The van der Waals surface area contributed by atoms with Crippen LogP contribution in [0.4, 0.5) is 11.5 Å². The molecule has 1 saturated heterocycles. The lowest BCUT2D eigenvalue weighted by Gasteiger charge is -2.17. The second kappa shape index (κ2) is 7.14. The zero-order chi connectivity index (χ0) is 17.0. The predicted octanol–water partition coefficient (Wildman–Crippen LogP) is 0.201. The van der Waals surface area contributed by atoms with Crippen molar-refractivity contribution < 1.29 is 8.42 Å². The number of aromatic nitrogens is 4. The van der Waals surface area contributed by atoms with Crippen LogP contribution >= 0.6 is 0 Å². The molecule has 2 aromatic heterocycles. The Morgan fingerprint density at radius 2 is 2.04 bits per heavy atom. The molecule has 2 N–H and O–H groups in total. The van der Waals surface area contributed by atoms with Gasteiger partial charge in [-0.15, -0.1) is 5.10 Å². The highest BCUT2D eigenvalue weighted by Gasteiger charge is 2.16. The van der Waals surface area contributed by atoms with Crippen LogP contribution in [0.3, 0.4) is 0 Å². The fraction of sp³-hybridized carbons (Fsp3) is 0.500. The van der Waals surface area contributed by atoms with Crippen molar-refractivity contribution in [1.29, 1.82) is 0 Å². The first-order valence-electron chi connectivity index (χ1n) is 7.84. The standard InChI is InChI=1S/C14H21N7O2S/c1-20-10-14(16-11-20)24(22,23)18-5-4-15-13-8-12(9-17-19-13)21-6-2-3-7-21/h8-11,18H,2-7H2,1H3,(H,15,19). The second-order valence-corrected chi connectivity index (χ2v) is 7.41. The molecule has 10 heteroatoms. The van der Waals surface area contributed by atoms with Gasteiger partial charge < -0.3 is 14.8 Å². The number of hydrogen-bond acceptors (Lipinski definition) is 7. The van der Waals surface area contributed by atoms with E-state index in [2.05, 4.69) is 30.1 Å². The van der Waals surface area contributed by atoms with Gasteiger partial charge in [0.05, 0.1) is 18.2 Å². The van der Waals surface area contributed by atoms with Crippen molar-refractivity contribution in [3.05, 3.63) is 24.8 Å². The first-order chi connectivity index (χ1) is 11.5. The van der Waals surface area contributed by atoms with E-state index in [9.17, 15) is 8.42 Å². The molecule has 3 rings (SSSR count). The van der Waals surface area contributed by atoms with E-state index in [-0.39, 0.29) is 11.6 Å². The molecule has 3 heterocycles. The number of aryl methyl sites for hydroxylation is 1. The van der Waals surface area contributed by atoms with Crippen LogP contribution in [0, 0.1) is 0 Å². The molecule has 1 fully saturated rings. The summed E-state index contributed by atoms with van der Waals surface area (Å²) >= 11 is 0. The summed E-state index contributed by atoms with van der Waals surface area (Å²) in [6.45, 7) is 2.71. The summed E-state index contributed by atoms with van der Waals surface area (Å²) < 4.78 is 28.2. The summed E-state index contributed by atoms with van der Waals surface area (Å²) in [5.74, 6) is 0.636. The van der Waals surface area contributed by atoms with Gasteiger partial charge in [0.15, 0.2) is 10.8 Å². The van der Waals surface area contributed by atoms with E-state index in [0.29, 0.717) is 12.4 Å². The van der Waals surface area contributed by atoms with Crippen LogP contribution < -0.4 is 14.9 Å². The number of rotatable bonds is 7. The fourth-order valence-electron chi connectivity index (χ4n) is 2.57. The highest BCUT2D eigenvalue weighted by Crippen LogP contribution is 2.20. The number of sulfonamides is 1. The van der Waals surface area contributed by atoms with E-state index in [1.54, 1.807) is 17.8 Å². The number of nitrogens with zero attached hydrogens (tertiary/aromatic N) is 5. The Bertz CT molecular complexity index is 784. The molecular formula is C14H21N7O2S. The first-order valence-corrected chi connectivity index (χ1v) is 9.32. The Labute approximate surface area is 141 Å². The maximum absolute atomic E-state index is 12.0. The van der Waals surface area contributed by atoms with Crippen molar-refractivity contribution in [3.63, 3.8) is 0 Å². The molecule has 0 spiro atoms. The van der Waals surface area contributed by atoms with E-state index in [1.165, 1.54) is 25.4 Å². The van der Waals surface area contributed by atoms with Crippen molar-refractivity contribution >= 4 is 21.5 Å². The Kier molecular flexibility index (Phi) is 4.95. The maximum Gasteiger partial charge on any atom is 0.259 e. The summed E-state index contributed by atoms with van der Waals surface area (Å²) in [6, 6.07) is 1.94. The fourth-order valence-corrected chi connectivity index (χ4v) is 3.58. The van der Waals surface area contributed by atoms with Crippen molar-refractivity contribution in [2.75, 3.05) is 36.4 Å². The number of nitrogens with one attached hydrogen (secondary N) is 2. The molecular weight excluding hydrogens is 330 g/mol. The van der Waals surface area contributed by atoms with Crippen molar-refractivity contribution in [2.45, 2.75) is 17.9 Å². The van der Waals surface area contributed by atoms with E-state index < -0.39 is 10.0 Å². The van der Waals surface area contributed by atoms with Gasteiger partial charge >= 0.3 is 0 Å².